The normalized spacial score (nSPS) is 14.0. The summed E-state index contributed by atoms with van der Waals surface area (Å²) in [5, 5.41) is 0. The Morgan fingerprint density at radius 1 is 0.617 bits per heavy atom. The molecule has 9 heteroatoms. The van der Waals surface area contributed by atoms with Crippen LogP contribution in [0, 0.1) is 0 Å². The van der Waals surface area contributed by atoms with Crippen molar-refractivity contribution < 1.29 is 37.6 Å². The van der Waals surface area contributed by atoms with Gasteiger partial charge < -0.3 is 14.4 Å². The highest BCUT2D eigenvalue weighted by molar-refractivity contribution is 7.47. The van der Waals surface area contributed by atoms with Crippen molar-refractivity contribution in [2.75, 3.05) is 20.3 Å². The first kappa shape index (κ1) is 45.0. The van der Waals surface area contributed by atoms with E-state index in [1.165, 1.54) is 32.1 Å². The first-order chi connectivity index (χ1) is 22.8. The Bertz CT molecular complexity index is 911. The molecule has 47 heavy (non-hydrogen) atoms. The van der Waals surface area contributed by atoms with Gasteiger partial charge in [-0.05, 0) is 70.6 Å². The third-order valence-electron chi connectivity index (χ3n) is 7.56. The summed E-state index contributed by atoms with van der Waals surface area (Å²) in [5.74, 6) is -0.838. The zero-order chi connectivity index (χ0) is 34.7. The van der Waals surface area contributed by atoms with Crippen LogP contribution >= 0.6 is 7.82 Å². The molecule has 0 aromatic heterocycles. The zero-order valence-corrected chi connectivity index (χ0v) is 30.8. The molecule has 0 fully saturated rings. The van der Waals surface area contributed by atoms with Crippen molar-refractivity contribution in [1.29, 1.82) is 0 Å². The maximum Gasteiger partial charge on any atom is 0.472 e. The number of phosphoric acid groups is 1. The lowest BCUT2D eigenvalue weighted by molar-refractivity contribution is -0.161. The second kappa shape index (κ2) is 33.9. The number of hydrogen-bond acceptors (Lipinski definition) is 7. The Morgan fingerprint density at radius 3 is 1.64 bits per heavy atom. The van der Waals surface area contributed by atoms with E-state index in [1.807, 2.05) is 0 Å². The highest BCUT2D eigenvalue weighted by atomic mass is 31.2. The summed E-state index contributed by atoms with van der Waals surface area (Å²) >= 11 is 0. The SMILES string of the molecule is CC/C=C\C/C=C\C/C=C\CCCCCCCC(=O)OC(COC(=O)CCCCCCC/C=C\CCCCCC)COP(=O)(O)OC. The summed E-state index contributed by atoms with van der Waals surface area (Å²) in [6.07, 6.45) is 38.7. The minimum atomic E-state index is -4.26. The molecular formula is C38H67O8P. The minimum absolute atomic E-state index is 0.222. The van der Waals surface area contributed by atoms with E-state index in [1.54, 1.807) is 0 Å². The molecule has 0 aliphatic rings. The smallest absolute Gasteiger partial charge is 0.462 e. The average molecular weight is 683 g/mol. The molecule has 8 nitrogen and oxygen atoms in total. The van der Waals surface area contributed by atoms with E-state index in [9.17, 15) is 19.0 Å². The number of esters is 2. The topological polar surface area (TPSA) is 108 Å². The van der Waals surface area contributed by atoms with Crippen molar-refractivity contribution in [2.45, 2.75) is 161 Å². The molecule has 2 atom stereocenters. The summed E-state index contributed by atoms with van der Waals surface area (Å²) in [5.41, 5.74) is 0. The molecule has 0 radical (unpaired) electrons. The number of hydrogen-bond donors (Lipinski definition) is 1. The van der Waals surface area contributed by atoms with Gasteiger partial charge in [0.25, 0.3) is 0 Å². The summed E-state index contributed by atoms with van der Waals surface area (Å²) in [7, 11) is -3.21. The van der Waals surface area contributed by atoms with E-state index < -0.39 is 26.5 Å². The molecule has 0 heterocycles. The van der Waals surface area contributed by atoms with Gasteiger partial charge in [-0.2, -0.15) is 0 Å². The molecule has 1 N–H and O–H groups in total. The van der Waals surface area contributed by atoms with Crippen LogP contribution in [0.5, 0.6) is 0 Å². The molecule has 0 aromatic rings. The molecule has 0 aromatic carbocycles. The molecule has 0 aliphatic carbocycles. The van der Waals surface area contributed by atoms with Crippen LogP contribution in [0.3, 0.4) is 0 Å². The lowest BCUT2D eigenvalue weighted by atomic mass is 10.1. The van der Waals surface area contributed by atoms with Crippen molar-refractivity contribution in [1.82, 2.24) is 0 Å². The Balaban J connectivity index is 4.13. The highest BCUT2D eigenvalue weighted by Gasteiger charge is 2.24. The number of unbranched alkanes of at least 4 members (excludes halogenated alkanes) is 14. The maximum absolute atomic E-state index is 12.4. The van der Waals surface area contributed by atoms with Crippen molar-refractivity contribution in [3.05, 3.63) is 48.6 Å². The fourth-order valence-corrected chi connectivity index (χ4v) is 5.18. The van der Waals surface area contributed by atoms with Crippen LogP contribution in [-0.2, 0) is 32.7 Å². The summed E-state index contributed by atoms with van der Waals surface area (Å²) in [6.45, 7) is 3.72. The second-order valence-electron chi connectivity index (χ2n) is 12.0. The summed E-state index contributed by atoms with van der Waals surface area (Å²) in [4.78, 5) is 34.3. The van der Waals surface area contributed by atoms with Gasteiger partial charge in [0.2, 0.25) is 0 Å². The van der Waals surface area contributed by atoms with Gasteiger partial charge in [0, 0.05) is 20.0 Å². The Labute approximate surface area is 287 Å². The van der Waals surface area contributed by atoms with E-state index in [0.717, 1.165) is 97.0 Å². The fourth-order valence-electron chi connectivity index (χ4n) is 4.72. The Kier molecular flexibility index (Phi) is 32.5. The molecule has 0 rings (SSSR count). The number of carbonyl (C=O) groups is 2. The van der Waals surface area contributed by atoms with Gasteiger partial charge in [-0.3, -0.25) is 18.6 Å². The standard InChI is InChI=1S/C38H67O8P/c1-4-6-8-10-12-14-16-18-19-21-23-25-27-29-31-33-38(40)46-36(35-45-47(41,42)43-3)34-44-37(39)32-30-28-26-24-22-20-17-15-13-11-9-7-5-2/h6,8,12,14-15,17-19,36H,4-5,7,9-11,13,16,20-35H2,1-3H3,(H,41,42)/b8-6-,14-12-,17-15-,19-18-. The van der Waals surface area contributed by atoms with Gasteiger partial charge in [0.15, 0.2) is 6.10 Å². The van der Waals surface area contributed by atoms with Crippen LogP contribution in [-0.4, -0.2) is 43.3 Å². The molecule has 0 bridgehead atoms. The average Bonchev–Trinajstić information content (AvgIpc) is 3.06. The molecule has 0 saturated heterocycles. The van der Waals surface area contributed by atoms with Gasteiger partial charge in [-0.25, -0.2) is 4.57 Å². The van der Waals surface area contributed by atoms with Crippen molar-refractivity contribution >= 4 is 19.8 Å². The largest absolute Gasteiger partial charge is 0.472 e. The van der Waals surface area contributed by atoms with Crippen LogP contribution in [0.1, 0.15) is 155 Å². The number of carbonyl (C=O) groups excluding carboxylic acids is 2. The molecule has 2 unspecified atom stereocenters. The van der Waals surface area contributed by atoms with Gasteiger partial charge in [-0.1, -0.05) is 120 Å². The number of rotatable bonds is 33. The van der Waals surface area contributed by atoms with Crippen LogP contribution in [0.4, 0.5) is 0 Å². The van der Waals surface area contributed by atoms with Gasteiger partial charge in [0.1, 0.15) is 6.61 Å². The minimum Gasteiger partial charge on any atom is -0.462 e. The lowest BCUT2D eigenvalue weighted by Gasteiger charge is -2.19. The maximum atomic E-state index is 12.4. The molecule has 0 amide bonds. The van der Waals surface area contributed by atoms with Gasteiger partial charge in [0.05, 0.1) is 6.61 Å². The van der Waals surface area contributed by atoms with Crippen molar-refractivity contribution in [2.24, 2.45) is 0 Å². The predicted octanol–water partition coefficient (Wildman–Crippen LogP) is 11.1. The quantitative estimate of drug-likeness (QED) is 0.0315. The molecular weight excluding hydrogens is 615 g/mol. The van der Waals surface area contributed by atoms with Gasteiger partial charge >= 0.3 is 19.8 Å². The third-order valence-corrected chi connectivity index (χ3v) is 8.49. The monoisotopic (exact) mass is 682 g/mol. The van der Waals surface area contributed by atoms with E-state index in [-0.39, 0.29) is 25.4 Å². The predicted molar refractivity (Wildman–Crippen MR) is 193 cm³/mol. The van der Waals surface area contributed by atoms with E-state index in [4.69, 9.17) is 14.0 Å². The molecule has 0 aliphatic heterocycles. The number of phosphoric ester groups is 1. The van der Waals surface area contributed by atoms with E-state index in [2.05, 4.69) is 67.0 Å². The van der Waals surface area contributed by atoms with Crippen molar-refractivity contribution in [3.8, 4) is 0 Å². The zero-order valence-electron chi connectivity index (χ0n) is 29.9. The number of ether oxygens (including phenoxy) is 2. The fraction of sp³-hybridized carbons (Fsp3) is 0.737. The summed E-state index contributed by atoms with van der Waals surface area (Å²) < 4.78 is 31.8. The molecule has 0 spiro atoms. The Morgan fingerprint density at radius 2 is 1.09 bits per heavy atom. The van der Waals surface area contributed by atoms with E-state index >= 15 is 0 Å². The first-order valence-electron chi connectivity index (χ1n) is 18.3. The van der Waals surface area contributed by atoms with Crippen LogP contribution in [0.15, 0.2) is 48.6 Å². The Hall–Kier alpha value is -1.99. The second-order valence-corrected chi connectivity index (χ2v) is 13.5. The highest BCUT2D eigenvalue weighted by Crippen LogP contribution is 2.42. The van der Waals surface area contributed by atoms with Crippen LogP contribution < -0.4 is 0 Å². The molecule has 272 valence electrons. The molecule has 0 saturated carbocycles. The van der Waals surface area contributed by atoms with Gasteiger partial charge in [-0.15, -0.1) is 0 Å². The van der Waals surface area contributed by atoms with Crippen LogP contribution in [0.25, 0.3) is 0 Å². The van der Waals surface area contributed by atoms with Crippen LogP contribution in [0.2, 0.25) is 0 Å². The van der Waals surface area contributed by atoms with E-state index in [0.29, 0.717) is 6.42 Å². The van der Waals surface area contributed by atoms with Crippen molar-refractivity contribution in [3.63, 3.8) is 0 Å². The lowest BCUT2D eigenvalue weighted by Crippen LogP contribution is -2.29. The number of allylic oxidation sites excluding steroid dienone is 8. The first-order valence-corrected chi connectivity index (χ1v) is 19.8. The summed E-state index contributed by atoms with van der Waals surface area (Å²) in [6, 6.07) is 0. The third kappa shape index (κ3) is 33.7.